The first-order chi connectivity index (χ1) is 28.8. The Labute approximate surface area is 341 Å². The van der Waals surface area contributed by atoms with Gasteiger partial charge >= 0.3 is 0 Å². The molecule has 8 bridgehead atoms. The van der Waals surface area contributed by atoms with Gasteiger partial charge in [0.25, 0.3) is 0 Å². The number of aryl methyl sites for hydroxylation is 1. The Morgan fingerprint density at radius 1 is 0.362 bits per heavy atom. The largest absolute Gasteiger partial charge is 0.324 e. The predicted molar refractivity (Wildman–Crippen MR) is 239 cm³/mol. The van der Waals surface area contributed by atoms with Gasteiger partial charge in [0.15, 0.2) is 23.3 Å². The van der Waals surface area contributed by atoms with Crippen LogP contribution in [-0.4, -0.2) is 39.5 Å². The van der Waals surface area contributed by atoms with E-state index in [0.29, 0.717) is 34.6 Å². The number of nitrogens with zero attached hydrogens (tertiary/aromatic N) is 7. The van der Waals surface area contributed by atoms with Crippen LogP contribution >= 0.6 is 0 Å². The summed E-state index contributed by atoms with van der Waals surface area (Å²) in [5.41, 5.74) is 7.00. The summed E-state index contributed by atoms with van der Waals surface area (Å²) < 4.78 is 2.31. The summed E-state index contributed by atoms with van der Waals surface area (Å²) in [6.45, 7) is 3.09. The monoisotopic (exact) mass is 766 g/mol. The molecule has 0 atom stereocenters. The molecule has 2 aliphatic rings. The Morgan fingerprint density at radius 3 is 1.09 bits per heavy atom. The van der Waals surface area contributed by atoms with Crippen molar-refractivity contribution < 1.29 is 0 Å². The highest BCUT2D eigenvalue weighted by atomic mass is 15.1. The van der Waals surface area contributed by atoms with Gasteiger partial charge in [-0.2, -0.15) is 0 Å². The van der Waals surface area contributed by atoms with Crippen molar-refractivity contribution in [3.8, 4) is 45.6 Å². The molecule has 9 rings (SSSR count). The summed E-state index contributed by atoms with van der Waals surface area (Å²) in [6, 6.07) is 33.2. The fraction of sp³-hybridized carbons (Fsp3) is 0.360. The van der Waals surface area contributed by atoms with E-state index in [0.717, 1.165) is 74.5 Å². The van der Waals surface area contributed by atoms with Crippen molar-refractivity contribution in [2.75, 3.05) is 0 Å². The molecule has 294 valence electrons. The van der Waals surface area contributed by atoms with Crippen LogP contribution in [0.5, 0.6) is 0 Å². The van der Waals surface area contributed by atoms with E-state index in [1.165, 1.54) is 89.9 Å². The third-order valence-electron chi connectivity index (χ3n) is 11.9. The van der Waals surface area contributed by atoms with E-state index >= 15 is 0 Å². The lowest BCUT2D eigenvalue weighted by atomic mass is 10.0. The predicted octanol–water partition coefficient (Wildman–Crippen LogP) is 13.6. The molecule has 0 amide bonds. The standard InChI is InChI=1S/C50H54N8/c1-2-3-4-5-6-7-8-9-10-11-12-13-14-15-16-25-34-58-49-41-32-23-24-33-42(41)50(58)57-48-40-31-22-20-29-38(40)46(55-48)53-44-36-27-18-17-26-35(36)43(51-44)52-45-37-28-19-21-30-39(37)47(54-45)56-49/h17-24,26-33H,2-16,25,34H2,1H3,(H,51,52,53,54,55,56,57). The van der Waals surface area contributed by atoms with Gasteiger partial charge in [0.1, 0.15) is 22.6 Å². The molecule has 3 aromatic heterocycles. The summed E-state index contributed by atoms with van der Waals surface area (Å²) >= 11 is 0. The van der Waals surface area contributed by atoms with Crippen LogP contribution in [0.3, 0.4) is 0 Å². The van der Waals surface area contributed by atoms with Crippen LogP contribution in [0, 0.1) is 0 Å². The zero-order valence-electron chi connectivity index (χ0n) is 33.9. The molecule has 2 aliphatic heterocycles. The van der Waals surface area contributed by atoms with E-state index < -0.39 is 0 Å². The molecule has 58 heavy (non-hydrogen) atoms. The van der Waals surface area contributed by atoms with E-state index in [4.69, 9.17) is 29.9 Å². The highest BCUT2D eigenvalue weighted by Crippen LogP contribution is 2.37. The van der Waals surface area contributed by atoms with Crippen LogP contribution in [-0.2, 0) is 6.54 Å². The number of fused-ring (bicyclic) bond motifs is 20. The summed E-state index contributed by atoms with van der Waals surface area (Å²) in [7, 11) is 0. The van der Waals surface area contributed by atoms with Gasteiger partial charge in [-0.05, 0) is 6.42 Å². The summed E-state index contributed by atoms with van der Waals surface area (Å²) in [4.78, 5) is 35.0. The van der Waals surface area contributed by atoms with Gasteiger partial charge in [0, 0.05) is 50.3 Å². The van der Waals surface area contributed by atoms with Gasteiger partial charge in [-0.25, -0.2) is 29.9 Å². The molecule has 0 spiro atoms. The third-order valence-corrected chi connectivity index (χ3v) is 11.9. The van der Waals surface area contributed by atoms with E-state index in [1.54, 1.807) is 0 Å². The van der Waals surface area contributed by atoms with Crippen LogP contribution in [0.4, 0.5) is 0 Å². The van der Waals surface area contributed by atoms with E-state index in [-0.39, 0.29) is 0 Å². The topological polar surface area (TPSA) is 98.1 Å². The first-order valence-corrected chi connectivity index (χ1v) is 22.0. The molecule has 0 unspecified atom stereocenters. The van der Waals surface area contributed by atoms with Gasteiger partial charge in [-0.1, -0.05) is 200 Å². The average molecular weight is 767 g/mol. The first-order valence-electron chi connectivity index (χ1n) is 22.0. The molecule has 8 heteroatoms. The molecule has 0 aliphatic carbocycles. The number of nitrogens with one attached hydrogen (secondary N) is 1. The first kappa shape index (κ1) is 37.8. The minimum atomic E-state index is 0.629. The Bertz CT molecular complexity index is 2540. The van der Waals surface area contributed by atoms with Crippen molar-refractivity contribution in [3.63, 3.8) is 0 Å². The number of hydrogen-bond acceptors (Lipinski definition) is 6. The maximum Gasteiger partial charge on any atom is 0.164 e. The summed E-state index contributed by atoms with van der Waals surface area (Å²) in [5.74, 6) is 2.57. The zero-order chi connectivity index (χ0) is 39.1. The molecule has 5 heterocycles. The van der Waals surface area contributed by atoms with Crippen LogP contribution in [0.25, 0.3) is 89.7 Å². The maximum absolute atomic E-state index is 5.43. The summed E-state index contributed by atoms with van der Waals surface area (Å²) in [5, 5.41) is 4.04. The van der Waals surface area contributed by atoms with Crippen LogP contribution in [0.2, 0.25) is 0 Å². The lowest BCUT2D eigenvalue weighted by molar-refractivity contribution is 0.523. The minimum absolute atomic E-state index is 0.629. The van der Waals surface area contributed by atoms with Crippen molar-refractivity contribution >= 4 is 44.1 Å². The van der Waals surface area contributed by atoms with E-state index in [9.17, 15) is 0 Å². The van der Waals surface area contributed by atoms with Crippen molar-refractivity contribution in [2.45, 2.75) is 116 Å². The SMILES string of the molecule is CCCCCCCCCCCCCCCCCCn1c2nc3nc(nc4[nH]c(nc5nc(nc1c1ccccc12)-c1ccccc1-5)c1ccccc41)-c1ccccc1-3. The second-order valence-corrected chi connectivity index (χ2v) is 16.1. The Balaban J connectivity index is 1.05. The molecule has 7 aromatic rings. The van der Waals surface area contributed by atoms with Crippen molar-refractivity contribution in [2.24, 2.45) is 0 Å². The van der Waals surface area contributed by atoms with Crippen molar-refractivity contribution in [1.82, 2.24) is 39.5 Å². The van der Waals surface area contributed by atoms with E-state index in [2.05, 4.69) is 77.1 Å². The van der Waals surface area contributed by atoms with Gasteiger partial charge in [-0.3, -0.25) is 0 Å². The second-order valence-electron chi connectivity index (χ2n) is 16.1. The van der Waals surface area contributed by atoms with Crippen molar-refractivity contribution in [1.29, 1.82) is 0 Å². The van der Waals surface area contributed by atoms with Crippen LogP contribution in [0.1, 0.15) is 110 Å². The molecule has 0 radical (unpaired) electrons. The number of benzene rings is 4. The number of aromatic nitrogens is 8. The van der Waals surface area contributed by atoms with Crippen molar-refractivity contribution in [3.05, 3.63) is 97.1 Å². The summed E-state index contributed by atoms with van der Waals surface area (Å²) in [6.07, 6.45) is 21.4. The molecule has 0 saturated carbocycles. The maximum atomic E-state index is 5.43. The Morgan fingerprint density at radius 2 is 0.690 bits per heavy atom. The fourth-order valence-corrected chi connectivity index (χ4v) is 8.80. The van der Waals surface area contributed by atoms with Gasteiger partial charge in [-0.15, -0.1) is 0 Å². The number of H-pyrrole nitrogens is 1. The third kappa shape index (κ3) is 7.89. The zero-order valence-corrected chi connectivity index (χ0v) is 33.9. The average Bonchev–Trinajstić information content (AvgIpc) is 3.98. The Kier molecular flexibility index (Phi) is 11.6. The molecular weight excluding hydrogens is 713 g/mol. The quantitative estimate of drug-likeness (QED) is 0.0927. The molecule has 0 fully saturated rings. The van der Waals surface area contributed by atoms with E-state index in [1.807, 2.05) is 36.4 Å². The number of unbranched alkanes of at least 4 members (excludes halogenated alkanes) is 15. The smallest absolute Gasteiger partial charge is 0.164 e. The molecule has 1 N–H and O–H groups in total. The fourth-order valence-electron chi connectivity index (χ4n) is 8.80. The number of aromatic amines is 1. The lowest BCUT2D eigenvalue weighted by Crippen LogP contribution is -2.01. The van der Waals surface area contributed by atoms with Gasteiger partial charge < -0.3 is 9.55 Å². The molecular formula is C50H54N8. The van der Waals surface area contributed by atoms with Crippen LogP contribution in [0.15, 0.2) is 97.1 Å². The molecule has 4 aromatic carbocycles. The number of rotatable bonds is 17. The highest BCUT2D eigenvalue weighted by Gasteiger charge is 2.23. The van der Waals surface area contributed by atoms with Gasteiger partial charge in [0.2, 0.25) is 0 Å². The normalized spacial score (nSPS) is 12.0. The number of hydrogen-bond donors (Lipinski definition) is 1. The Hall–Kier alpha value is -5.76. The molecule has 0 saturated heterocycles. The highest BCUT2D eigenvalue weighted by molar-refractivity contribution is 6.06. The second kappa shape index (κ2) is 17.8. The molecule has 8 nitrogen and oxygen atoms in total. The van der Waals surface area contributed by atoms with Gasteiger partial charge in [0.05, 0.1) is 0 Å². The minimum Gasteiger partial charge on any atom is -0.324 e. The lowest BCUT2D eigenvalue weighted by Gasteiger charge is -2.07. The van der Waals surface area contributed by atoms with Crippen LogP contribution < -0.4 is 0 Å².